The highest BCUT2D eigenvalue weighted by atomic mass is 16.5. The Labute approximate surface area is 104 Å². The second-order valence-corrected chi connectivity index (χ2v) is 3.94. The Kier molecular flexibility index (Phi) is 3.18. The zero-order valence-corrected chi connectivity index (χ0v) is 10.8. The Bertz CT molecular complexity index is 583. The summed E-state index contributed by atoms with van der Waals surface area (Å²) in [6.07, 6.45) is 0. The first-order valence-electron chi connectivity index (χ1n) is 5.71. The monoisotopic (exact) mass is 249 g/mol. The fraction of sp³-hybridized carbons (Fsp3) is 0.417. The molecule has 0 aromatic carbocycles. The average Bonchev–Trinajstić information content (AvgIpc) is 2.86. The van der Waals surface area contributed by atoms with Crippen LogP contribution in [-0.2, 0) is 4.74 Å². The molecule has 0 unspecified atom stereocenters. The van der Waals surface area contributed by atoms with Crippen LogP contribution in [-0.4, -0.2) is 27.8 Å². The third-order valence-electron chi connectivity index (χ3n) is 2.74. The molecule has 0 aliphatic heterocycles. The Morgan fingerprint density at radius 2 is 2.06 bits per heavy atom. The molecule has 0 bridgehead atoms. The summed E-state index contributed by atoms with van der Waals surface area (Å²) in [5.41, 5.74) is 1.79. The van der Waals surface area contributed by atoms with Crippen LogP contribution < -0.4 is 0 Å². The number of aromatic amines is 1. The number of hydrogen-bond acceptors (Lipinski definition) is 5. The van der Waals surface area contributed by atoms with Crippen LogP contribution in [0.5, 0.6) is 0 Å². The van der Waals surface area contributed by atoms with Crippen LogP contribution in [0.3, 0.4) is 0 Å². The first-order valence-corrected chi connectivity index (χ1v) is 5.71. The van der Waals surface area contributed by atoms with Gasteiger partial charge in [0, 0.05) is 5.56 Å². The summed E-state index contributed by atoms with van der Waals surface area (Å²) in [6, 6.07) is 0. The summed E-state index contributed by atoms with van der Waals surface area (Å²) < 4.78 is 10.4. The molecule has 0 radical (unpaired) electrons. The van der Waals surface area contributed by atoms with Crippen LogP contribution in [0.4, 0.5) is 0 Å². The van der Waals surface area contributed by atoms with E-state index in [0.717, 1.165) is 22.6 Å². The number of carbonyl (C=O) groups excluding carboxylic acids is 1. The first kappa shape index (κ1) is 12.3. The Balaban J connectivity index is 2.38. The Morgan fingerprint density at radius 3 is 2.61 bits per heavy atom. The van der Waals surface area contributed by atoms with E-state index in [1.165, 1.54) is 0 Å². The number of esters is 1. The lowest BCUT2D eigenvalue weighted by Crippen LogP contribution is -2.06. The van der Waals surface area contributed by atoms with Crippen LogP contribution in [0.2, 0.25) is 0 Å². The van der Waals surface area contributed by atoms with Crippen LogP contribution in [0.1, 0.15) is 34.6 Å². The van der Waals surface area contributed by atoms with Crippen molar-refractivity contribution in [1.82, 2.24) is 15.2 Å². The van der Waals surface area contributed by atoms with Gasteiger partial charge < -0.3 is 9.15 Å². The van der Waals surface area contributed by atoms with Crippen LogP contribution in [0.25, 0.3) is 11.4 Å². The summed E-state index contributed by atoms with van der Waals surface area (Å²) in [5.74, 6) is 1.60. The average molecular weight is 249 g/mol. The van der Waals surface area contributed by atoms with Crippen molar-refractivity contribution in [3.63, 3.8) is 0 Å². The second-order valence-electron chi connectivity index (χ2n) is 3.94. The summed E-state index contributed by atoms with van der Waals surface area (Å²) in [6.45, 7) is 7.70. The molecule has 1 N–H and O–H groups in total. The summed E-state index contributed by atoms with van der Waals surface area (Å²) >= 11 is 0. The minimum Gasteiger partial charge on any atom is -0.466 e. The van der Waals surface area contributed by atoms with Crippen molar-refractivity contribution in [1.29, 1.82) is 0 Å². The van der Waals surface area contributed by atoms with E-state index >= 15 is 0 Å². The lowest BCUT2D eigenvalue weighted by molar-refractivity contribution is 0.0512. The van der Waals surface area contributed by atoms with Crippen molar-refractivity contribution in [2.75, 3.05) is 6.61 Å². The van der Waals surface area contributed by atoms with E-state index in [1.54, 1.807) is 6.92 Å². The maximum Gasteiger partial charge on any atom is 0.375 e. The lowest BCUT2D eigenvalue weighted by Gasteiger charge is -1.95. The van der Waals surface area contributed by atoms with Gasteiger partial charge in [0.15, 0.2) is 5.82 Å². The number of H-pyrrole nitrogens is 1. The SMILES string of the molecule is CCOC(=O)c1nc(-c2c(C)oc(C)c2C)n[nH]1. The highest BCUT2D eigenvalue weighted by Gasteiger charge is 2.19. The van der Waals surface area contributed by atoms with Crippen molar-refractivity contribution < 1.29 is 13.9 Å². The Morgan fingerprint density at radius 1 is 1.33 bits per heavy atom. The molecule has 2 rings (SSSR count). The molecule has 6 heteroatoms. The zero-order chi connectivity index (χ0) is 13.3. The number of carbonyl (C=O) groups is 1. The quantitative estimate of drug-likeness (QED) is 0.843. The van der Waals surface area contributed by atoms with Gasteiger partial charge in [-0.2, -0.15) is 5.10 Å². The van der Waals surface area contributed by atoms with Gasteiger partial charge in [0.05, 0.1) is 12.2 Å². The molecule has 0 saturated heterocycles. The van der Waals surface area contributed by atoms with Crippen molar-refractivity contribution in [3.05, 3.63) is 22.9 Å². The van der Waals surface area contributed by atoms with Gasteiger partial charge >= 0.3 is 5.97 Å². The van der Waals surface area contributed by atoms with Gasteiger partial charge in [0.2, 0.25) is 5.82 Å². The summed E-state index contributed by atoms with van der Waals surface area (Å²) in [5, 5.41) is 6.60. The topological polar surface area (TPSA) is 81.0 Å². The van der Waals surface area contributed by atoms with E-state index in [2.05, 4.69) is 15.2 Å². The molecular weight excluding hydrogens is 234 g/mol. The molecular formula is C12H15N3O3. The smallest absolute Gasteiger partial charge is 0.375 e. The second kappa shape index (κ2) is 4.64. The van der Waals surface area contributed by atoms with Crippen LogP contribution in [0.15, 0.2) is 4.42 Å². The van der Waals surface area contributed by atoms with Crippen molar-refractivity contribution in [3.8, 4) is 11.4 Å². The van der Waals surface area contributed by atoms with E-state index in [4.69, 9.17) is 9.15 Å². The molecule has 2 aromatic heterocycles. The Hall–Kier alpha value is -2.11. The minimum atomic E-state index is -0.508. The van der Waals surface area contributed by atoms with E-state index in [-0.39, 0.29) is 5.82 Å². The molecule has 0 saturated carbocycles. The molecule has 0 atom stereocenters. The molecule has 0 amide bonds. The molecule has 2 aromatic rings. The number of aromatic nitrogens is 3. The number of nitrogens with zero attached hydrogens (tertiary/aromatic N) is 2. The first-order chi connectivity index (χ1) is 8.54. The maximum atomic E-state index is 11.5. The van der Waals surface area contributed by atoms with Crippen molar-refractivity contribution in [2.24, 2.45) is 0 Å². The van der Waals surface area contributed by atoms with Crippen LogP contribution >= 0.6 is 0 Å². The summed E-state index contributed by atoms with van der Waals surface area (Å²) in [4.78, 5) is 15.6. The number of aryl methyl sites for hydroxylation is 2. The number of nitrogens with one attached hydrogen (secondary N) is 1. The number of furan rings is 1. The number of rotatable bonds is 3. The summed E-state index contributed by atoms with van der Waals surface area (Å²) in [7, 11) is 0. The van der Waals surface area contributed by atoms with Gasteiger partial charge in [-0.15, -0.1) is 0 Å². The predicted octanol–water partition coefficient (Wildman–Crippen LogP) is 2.17. The molecule has 18 heavy (non-hydrogen) atoms. The molecule has 2 heterocycles. The highest BCUT2D eigenvalue weighted by Crippen LogP contribution is 2.28. The lowest BCUT2D eigenvalue weighted by atomic mass is 10.1. The molecule has 0 spiro atoms. The normalized spacial score (nSPS) is 10.7. The van der Waals surface area contributed by atoms with Gasteiger partial charge in [0.1, 0.15) is 11.5 Å². The van der Waals surface area contributed by atoms with Crippen molar-refractivity contribution >= 4 is 5.97 Å². The fourth-order valence-corrected chi connectivity index (χ4v) is 1.79. The van der Waals surface area contributed by atoms with Crippen molar-refractivity contribution in [2.45, 2.75) is 27.7 Å². The van der Waals surface area contributed by atoms with E-state index in [0.29, 0.717) is 12.4 Å². The van der Waals surface area contributed by atoms with Crippen LogP contribution in [0, 0.1) is 20.8 Å². The number of hydrogen-bond donors (Lipinski definition) is 1. The highest BCUT2D eigenvalue weighted by molar-refractivity contribution is 5.85. The third-order valence-corrected chi connectivity index (χ3v) is 2.74. The molecule has 0 aliphatic carbocycles. The van der Waals surface area contributed by atoms with Gasteiger partial charge in [-0.05, 0) is 27.7 Å². The fourth-order valence-electron chi connectivity index (χ4n) is 1.79. The third kappa shape index (κ3) is 2.01. The molecule has 0 fully saturated rings. The molecule has 0 aliphatic rings. The van der Waals surface area contributed by atoms with E-state index in [1.807, 2.05) is 20.8 Å². The molecule has 96 valence electrons. The van der Waals surface area contributed by atoms with Gasteiger partial charge in [-0.25, -0.2) is 9.78 Å². The minimum absolute atomic E-state index is 0.101. The van der Waals surface area contributed by atoms with E-state index < -0.39 is 5.97 Å². The van der Waals surface area contributed by atoms with Gasteiger partial charge in [-0.3, -0.25) is 5.10 Å². The number of ether oxygens (including phenoxy) is 1. The maximum absolute atomic E-state index is 11.5. The van der Waals surface area contributed by atoms with Gasteiger partial charge in [-0.1, -0.05) is 0 Å². The molecule has 6 nitrogen and oxygen atoms in total. The standard InChI is InChI=1S/C12H15N3O3/c1-5-17-12(16)11-13-10(14-15-11)9-6(2)7(3)18-8(9)4/h5H2,1-4H3,(H,13,14,15). The largest absolute Gasteiger partial charge is 0.466 e. The van der Waals surface area contributed by atoms with Gasteiger partial charge in [0.25, 0.3) is 0 Å². The van der Waals surface area contributed by atoms with E-state index in [9.17, 15) is 4.79 Å². The predicted molar refractivity (Wildman–Crippen MR) is 64.3 cm³/mol. The zero-order valence-electron chi connectivity index (χ0n) is 10.8.